The minimum absolute atomic E-state index is 0.372. The fourth-order valence-corrected chi connectivity index (χ4v) is 2.41. The molecule has 0 aromatic carbocycles. The largest absolute Gasteiger partial charge is 0.369 e. The smallest absolute Gasteiger partial charge is 0.0901 e. The number of rotatable bonds is 5. The number of hydrogen-bond donors (Lipinski definition) is 1. The molecule has 1 saturated heterocycles. The normalized spacial score (nSPS) is 16.4. The molecule has 16 heavy (non-hydrogen) atoms. The molecule has 0 radical (unpaired) electrons. The van der Waals surface area contributed by atoms with Crippen LogP contribution in [0.5, 0.6) is 0 Å². The first-order valence-corrected chi connectivity index (χ1v) is 6.61. The van der Waals surface area contributed by atoms with Crippen molar-refractivity contribution in [3.63, 3.8) is 0 Å². The van der Waals surface area contributed by atoms with Crippen molar-refractivity contribution < 1.29 is 4.74 Å². The third kappa shape index (κ3) is 2.31. The minimum atomic E-state index is 0.372. The van der Waals surface area contributed by atoms with Crippen molar-refractivity contribution in [2.45, 2.75) is 39.5 Å². The lowest BCUT2D eigenvalue weighted by molar-refractivity contribution is 0.00421. The van der Waals surface area contributed by atoms with E-state index < -0.39 is 0 Å². The molecule has 0 aliphatic carbocycles. The first kappa shape index (κ1) is 12.1. The van der Waals surface area contributed by atoms with Crippen molar-refractivity contribution in [2.24, 2.45) is 0 Å². The summed E-state index contributed by atoms with van der Waals surface area (Å²) >= 11 is 3.61. The summed E-state index contributed by atoms with van der Waals surface area (Å²) in [6.07, 6.45) is 1.32. The van der Waals surface area contributed by atoms with Crippen LogP contribution in [0, 0.1) is 0 Å². The molecule has 4 nitrogen and oxygen atoms in total. The molecule has 1 N–H and O–H groups in total. The summed E-state index contributed by atoms with van der Waals surface area (Å²) in [5, 5.41) is 7.74. The van der Waals surface area contributed by atoms with Gasteiger partial charge in [-0.1, -0.05) is 6.92 Å². The van der Waals surface area contributed by atoms with Gasteiger partial charge in [0.2, 0.25) is 0 Å². The second-order valence-corrected chi connectivity index (χ2v) is 4.76. The molecule has 1 fully saturated rings. The van der Waals surface area contributed by atoms with Gasteiger partial charge in [0.25, 0.3) is 0 Å². The van der Waals surface area contributed by atoms with Crippen molar-refractivity contribution >= 4 is 15.9 Å². The lowest BCUT2D eigenvalue weighted by Gasteiger charge is -2.27. The quantitative estimate of drug-likeness (QED) is 0.896. The summed E-state index contributed by atoms with van der Waals surface area (Å²) in [6, 6.07) is 0. The maximum Gasteiger partial charge on any atom is 0.0901 e. The maximum atomic E-state index is 5.79. The molecule has 0 saturated carbocycles. The van der Waals surface area contributed by atoms with Crippen molar-refractivity contribution in [3.8, 4) is 0 Å². The van der Waals surface area contributed by atoms with Crippen molar-refractivity contribution in [2.75, 3.05) is 13.1 Å². The molecule has 0 unspecified atom stereocenters. The van der Waals surface area contributed by atoms with E-state index in [1.807, 2.05) is 4.68 Å². The van der Waals surface area contributed by atoms with E-state index in [1.165, 1.54) is 0 Å². The second kappa shape index (κ2) is 5.29. The zero-order valence-electron chi connectivity index (χ0n) is 9.79. The van der Waals surface area contributed by atoms with Gasteiger partial charge in [-0.25, -0.2) is 0 Å². The molecule has 2 heterocycles. The number of nitrogens with one attached hydrogen (secondary N) is 1. The zero-order valence-corrected chi connectivity index (χ0v) is 11.4. The van der Waals surface area contributed by atoms with Gasteiger partial charge in [0, 0.05) is 19.6 Å². The van der Waals surface area contributed by atoms with Crippen LogP contribution in [-0.2, 0) is 24.3 Å². The molecule has 1 aliphatic heterocycles. The molecule has 0 atom stereocenters. The predicted octanol–water partition coefficient (Wildman–Crippen LogP) is 1.72. The Kier molecular flexibility index (Phi) is 4.00. The van der Waals surface area contributed by atoms with Gasteiger partial charge in [-0.3, -0.25) is 4.68 Å². The van der Waals surface area contributed by atoms with Crippen LogP contribution in [0.25, 0.3) is 0 Å². The second-order valence-electron chi connectivity index (χ2n) is 3.97. The SMILES string of the molecule is CCc1nn(CC)c(COC2CNC2)c1Br. The summed E-state index contributed by atoms with van der Waals surface area (Å²) in [5.74, 6) is 0. The summed E-state index contributed by atoms with van der Waals surface area (Å²) in [4.78, 5) is 0. The van der Waals surface area contributed by atoms with E-state index in [0.29, 0.717) is 12.7 Å². The first-order chi connectivity index (χ1) is 7.76. The molecule has 1 aliphatic rings. The van der Waals surface area contributed by atoms with Gasteiger partial charge in [0.15, 0.2) is 0 Å². The standard InChI is InChI=1S/C11H18BrN3O/c1-3-9-11(12)10(15(4-2)14-9)7-16-8-5-13-6-8/h8,13H,3-7H2,1-2H3. The van der Waals surface area contributed by atoms with Crippen molar-refractivity contribution in [1.82, 2.24) is 15.1 Å². The predicted molar refractivity (Wildman–Crippen MR) is 66.4 cm³/mol. The van der Waals surface area contributed by atoms with Gasteiger partial charge in [0.1, 0.15) is 0 Å². The molecule has 5 heteroatoms. The fourth-order valence-electron chi connectivity index (χ4n) is 1.73. The highest BCUT2D eigenvalue weighted by Crippen LogP contribution is 2.23. The number of hydrogen-bond acceptors (Lipinski definition) is 3. The summed E-state index contributed by atoms with van der Waals surface area (Å²) in [5.41, 5.74) is 2.28. The first-order valence-electron chi connectivity index (χ1n) is 5.82. The number of nitrogens with zero attached hydrogens (tertiary/aromatic N) is 2. The van der Waals surface area contributed by atoms with Gasteiger partial charge in [0.05, 0.1) is 28.6 Å². The van der Waals surface area contributed by atoms with Crippen LogP contribution in [0.2, 0.25) is 0 Å². The van der Waals surface area contributed by atoms with Crippen LogP contribution in [-0.4, -0.2) is 29.0 Å². The van der Waals surface area contributed by atoms with E-state index in [4.69, 9.17) is 4.74 Å². The third-order valence-electron chi connectivity index (χ3n) is 2.89. The van der Waals surface area contributed by atoms with E-state index in [1.54, 1.807) is 0 Å². The van der Waals surface area contributed by atoms with Gasteiger partial charge >= 0.3 is 0 Å². The highest BCUT2D eigenvalue weighted by molar-refractivity contribution is 9.10. The molecule has 90 valence electrons. The Balaban J connectivity index is 2.07. The number of ether oxygens (including phenoxy) is 1. The Hall–Kier alpha value is -0.390. The highest BCUT2D eigenvalue weighted by atomic mass is 79.9. The molecule has 0 spiro atoms. The van der Waals surface area contributed by atoms with Gasteiger partial charge in [-0.05, 0) is 29.3 Å². The number of aryl methyl sites for hydroxylation is 2. The lowest BCUT2D eigenvalue weighted by Crippen LogP contribution is -2.48. The summed E-state index contributed by atoms with van der Waals surface area (Å²) in [6.45, 7) is 7.70. The number of halogens is 1. The Bertz CT molecular complexity index is 360. The van der Waals surface area contributed by atoms with E-state index >= 15 is 0 Å². The van der Waals surface area contributed by atoms with Crippen LogP contribution in [0.15, 0.2) is 4.47 Å². The Morgan fingerprint density at radius 3 is 2.75 bits per heavy atom. The van der Waals surface area contributed by atoms with Crippen LogP contribution >= 0.6 is 15.9 Å². The van der Waals surface area contributed by atoms with Crippen molar-refractivity contribution in [1.29, 1.82) is 0 Å². The minimum Gasteiger partial charge on any atom is -0.369 e. The molecule has 0 amide bonds. The highest BCUT2D eigenvalue weighted by Gasteiger charge is 2.20. The van der Waals surface area contributed by atoms with E-state index in [0.717, 1.165) is 41.9 Å². The van der Waals surface area contributed by atoms with E-state index in [-0.39, 0.29) is 0 Å². The summed E-state index contributed by atoms with van der Waals surface area (Å²) in [7, 11) is 0. The Morgan fingerprint density at radius 1 is 1.50 bits per heavy atom. The molecule has 0 bridgehead atoms. The molecule has 1 aromatic rings. The van der Waals surface area contributed by atoms with Crippen LogP contribution in [0.3, 0.4) is 0 Å². The average Bonchev–Trinajstić information content (AvgIpc) is 2.53. The van der Waals surface area contributed by atoms with Crippen LogP contribution < -0.4 is 5.32 Å². The van der Waals surface area contributed by atoms with E-state index in [2.05, 4.69) is 40.2 Å². The monoisotopic (exact) mass is 287 g/mol. The molecule has 2 rings (SSSR count). The Morgan fingerprint density at radius 2 is 2.25 bits per heavy atom. The van der Waals surface area contributed by atoms with E-state index in [9.17, 15) is 0 Å². The lowest BCUT2D eigenvalue weighted by atomic mass is 10.2. The topological polar surface area (TPSA) is 39.1 Å². The van der Waals surface area contributed by atoms with Gasteiger partial charge in [-0.2, -0.15) is 5.10 Å². The maximum absolute atomic E-state index is 5.79. The van der Waals surface area contributed by atoms with Gasteiger partial charge < -0.3 is 10.1 Å². The Labute approximate surface area is 104 Å². The molecular weight excluding hydrogens is 270 g/mol. The molecule has 1 aromatic heterocycles. The zero-order chi connectivity index (χ0) is 11.5. The fraction of sp³-hybridized carbons (Fsp3) is 0.727. The van der Waals surface area contributed by atoms with Crippen LogP contribution in [0.1, 0.15) is 25.2 Å². The summed E-state index contributed by atoms with van der Waals surface area (Å²) < 4.78 is 8.93. The third-order valence-corrected chi connectivity index (χ3v) is 3.81. The molecular formula is C11H18BrN3O. The van der Waals surface area contributed by atoms with Crippen LogP contribution in [0.4, 0.5) is 0 Å². The van der Waals surface area contributed by atoms with Crippen molar-refractivity contribution in [3.05, 3.63) is 15.9 Å². The number of aromatic nitrogens is 2. The van der Waals surface area contributed by atoms with Gasteiger partial charge in [-0.15, -0.1) is 0 Å². The average molecular weight is 288 g/mol.